The monoisotopic (exact) mass is 545 g/mol. The van der Waals surface area contributed by atoms with Crippen molar-refractivity contribution < 1.29 is 13.5 Å². The highest BCUT2D eigenvalue weighted by atomic mass is 35.5. The zero-order chi connectivity index (χ0) is 25.8. The Morgan fingerprint density at radius 3 is 2.76 bits per heavy atom. The van der Waals surface area contributed by atoms with Crippen LogP contribution in [0.15, 0.2) is 48.7 Å². The van der Waals surface area contributed by atoms with E-state index in [1.165, 1.54) is 47.3 Å². The Morgan fingerprint density at radius 1 is 1.11 bits per heavy atom. The van der Waals surface area contributed by atoms with Crippen molar-refractivity contribution in [3.63, 3.8) is 0 Å². The second-order valence-electron chi connectivity index (χ2n) is 8.86. The SMILES string of the molecule is FC(F)(P)c1cc(Nc2nc3ccc(Oc4ccnc(NCCCN5CCCC5)n4)cc3[nH]2)ccc1Cl. The lowest BCUT2D eigenvalue weighted by Crippen LogP contribution is -2.22. The smallest absolute Gasteiger partial charge is 0.285 e. The number of fused-ring (bicyclic) bond motifs is 1. The average molecular weight is 546 g/mol. The summed E-state index contributed by atoms with van der Waals surface area (Å²) >= 11 is 5.92. The fraction of sp³-hybridized carbons (Fsp3) is 0.320. The van der Waals surface area contributed by atoms with Gasteiger partial charge in [-0.25, -0.2) is 9.97 Å². The minimum absolute atomic E-state index is 0.0119. The van der Waals surface area contributed by atoms with E-state index in [0.717, 1.165) is 19.5 Å². The maximum atomic E-state index is 13.8. The van der Waals surface area contributed by atoms with E-state index >= 15 is 0 Å². The van der Waals surface area contributed by atoms with Crippen LogP contribution in [0.4, 0.5) is 26.4 Å². The molecule has 12 heteroatoms. The number of rotatable bonds is 10. The summed E-state index contributed by atoms with van der Waals surface area (Å²) in [6, 6.07) is 11.4. The summed E-state index contributed by atoms with van der Waals surface area (Å²) < 4.78 is 33.5. The maximum Gasteiger partial charge on any atom is 0.285 e. The number of likely N-dealkylation sites (tertiary alicyclic amines) is 1. The molecule has 37 heavy (non-hydrogen) atoms. The van der Waals surface area contributed by atoms with Gasteiger partial charge in [-0.1, -0.05) is 20.8 Å². The summed E-state index contributed by atoms with van der Waals surface area (Å²) in [5.41, 5.74) is -1.61. The molecule has 5 rings (SSSR count). The standard InChI is InChI=1S/C25H27ClF2N7OP/c26-19-6-4-16(14-18(19)25(27,28)37)31-24-32-20-7-5-17(15-21(20)33-24)36-22-8-10-30-23(34-22)29-9-3-13-35-11-1-2-12-35/h4-8,10,14-15H,1-3,9,11-13,37H2,(H,29,30,34)(H2,31,32,33). The zero-order valence-electron chi connectivity index (χ0n) is 20.0. The van der Waals surface area contributed by atoms with Gasteiger partial charge in [-0.05, 0) is 69.2 Å². The predicted octanol–water partition coefficient (Wildman–Crippen LogP) is 6.36. The number of aromatic nitrogens is 4. The zero-order valence-corrected chi connectivity index (χ0v) is 21.9. The van der Waals surface area contributed by atoms with Gasteiger partial charge < -0.3 is 25.3 Å². The first-order valence-corrected chi connectivity index (χ1v) is 13.0. The number of aromatic amines is 1. The largest absolute Gasteiger partial charge is 0.439 e. The minimum Gasteiger partial charge on any atom is -0.439 e. The molecule has 1 saturated heterocycles. The van der Waals surface area contributed by atoms with Crippen molar-refractivity contribution in [3.8, 4) is 11.6 Å². The lowest BCUT2D eigenvalue weighted by Gasteiger charge is -2.14. The number of H-pyrrole nitrogens is 1. The van der Waals surface area contributed by atoms with Crippen LogP contribution in [0.3, 0.4) is 0 Å². The van der Waals surface area contributed by atoms with E-state index in [1.54, 1.807) is 36.5 Å². The molecule has 1 aliphatic heterocycles. The van der Waals surface area contributed by atoms with E-state index in [-0.39, 0.29) is 10.6 Å². The molecule has 0 saturated carbocycles. The quantitative estimate of drug-likeness (QED) is 0.158. The van der Waals surface area contributed by atoms with Crippen molar-refractivity contribution in [1.29, 1.82) is 0 Å². The average Bonchev–Trinajstić information content (AvgIpc) is 3.52. The molecule has 2 aromatic heterocycles. The molecule has 1 aliphatic rings. The van der Waals surface area contributed by atoms with Crippen LogP contribution in [-0.2, 0) is 5.66 Å². The summed E-state index contributed by atoms with van der Waals surface area (Å²) in [6.07, 6.45) is 5.27. The number of benzene rings is 2. The molecule has 4 aromatic rings. The molecular weight excluding hydrogens is 519 g/mol. The number of hydrogen-bond donors (Lipinski definition) is 3. The Bertz CT molecular complexity index is 1370. The van der Waals surface area contributed by atoms with E-state index in [1.807, 2.05) is 0 Å². The van der Waals surface area contributed by atoms with Crippen LogP contribution in [0, 0.1) is 0 Å². The van der Waals surface area contributed by atoms with Gasteiger partial charge in [0, 0.05) is 36.1 Å². The van der Waals surface area contributed by atoms with Gasteiger partial charge in [0.15, 0.2) is 0 Å². The Kier molecular flexibility index (Phi) is 7.69. The first-order valence-electron chi connectivity index (χ1n) is 12.0. The molecule has 0 bridgehead atoms. The van der Waals surface area contributed by atoms with E-state index in [2.05, 4.69) is 35.5 Å². The molecule has 3 heterocycles. The minimum atomic E-state index is -3.14. The van der Waals surface area contributed by atoms with Crippen LogP contribution < -0.4 is 15.4 Å². The van der Waals surface area contributed by atoms with Crippen LogP contribution >= 0.6 is 20.8 Å². The molecule has 2 aromatic carbocycles. The normalized spacial score (nSPS) is 14.3. The van der Waals surface area contributed by atoms with Crippen LogP contribution in [0.5, 0.6) is 11.6 Å². The number of nitrogens with zero attached hydrogens (tertiary/aromatic N) is 4. The molecule has 1 unspecified atom stereocenters. The first kappa shape index (κ1) is 25.6. The number of ether oxygens (including phenoxy) is 1. The summed E-state index contributed by atoms with van der Waals surface area (Å²) in [6.45, 7) is 4.25. The third-order valence-corrected chi connectivity index (χ3v) is 6.67. The van der Waals surface area contributed by atoms with Crippen LogP contribution in [0.1, 0.15) is 24.8 Å². The van der Waals surface area contributed by atoms with Gasteiger partial charge in [-0.15, -0.1) is 0 Å². The van der Waals surface area contributed by atoms with Gasteiger partial charge >= 0.3 is 0 Å². The van der Waals surface area contributed by atoms with Gasteiger partial charge in [0.05, 0.1) is 16.1 Å². The van der Waals surface area contributed by atoms with Crippen molar-refractivity contribution in [3.05, 3.63) is 59.2 Å². The third-order valence-electron chi connectivity index (χ3n) is 6.03. The summed E-state index contributed by atoms with van der Waals surface area (Å²) in [5.74, 6) is 1.90. The summed E-state index contributed by atoms with van der Waals surface area (Å²) in [5, 5.41) is 6.26. The molecule has 194 valence electrons. The topological polar surface area (TPSA) is 91.0 Å². The molecule has 0 amide bonds. The molecule has 1 atom stereocenters. The Hall–Kier alpha value is -3.07. The van der Waals surface area contributed by atoms with Gasteiger partial charge in [0.2, 0.25) is 17.8 Å². The van der Waals surface area contributed by atoms with Crippen molar-refractivity contribution in [2.45, 2.75) is 24.9 Å². The van der Waals surface area contributed by atoms with Gasteiger partial charge in [-0.2, -0.15) is 13.8 Å². The number of hydrogen-bond acceptors (Lipinski definition) is 7. The van der Waals surface area contributed by atoms with Crippen LogP contribution in [0.2, 0.25) is 5.02 Å². The van der Waals surface area contributed by atoms with E-state index in [0.29, 0.717) is 40.2 Å². The molecular formula is C25H27ClF2N7OP. The number of imidazole rings is 1. The molecule has 0 spiro atoms. The van der Waals surface area contributed by atoms with Crippen molar-refractivity contribution >= 4 is 49.5 Å². The summed E-state index contributed by atoms with van der Waals surface area (Å²) in [4.78, 5) is 18.8. The second kappa shape index (κ2) is 11.1. The molecule has 3 N–H and O–H groups in total. The van der Waals surface area contributed by atoms with E-state index in [9.17, 15) is 8.78 Å². The lowest BCUT2D eigenvalue weighted by molar-refractivity contribution is 0.104. The molecule has 1 fully saturated rings. The number of halogens is 3. The third kappa shape index (κ3) is 6.63. The van der Waals surface area contributed by atoms with Crippen LogP contribution in [-0.4, -0.2) is 51.0 Å². The van der Waals surface area contributed by atoms with E-state index < -0.39 is 5.66 Å². The highest BCUT2D eigenvalue weighted by Crippen LogP contribution is 2.40. The van der Waals surface area contributed by atoms with E-state index in [4.69, 9.17) is 16.3 Å². The van der Waals surface area contributed by atoms with Crippen molar-refractivity contribution in [1.82, 2.24) is 24.8 Å². The fourth-order valence-electron chi connectivity index (χ4n) is 4.22. The number of nitrogens with one attached hydrogen (secondary N) is 3. The predicted molar refractivity (Wildman–Crippen MR) is 145 cm³/mol. The Labute approximate surface area is 220 Å². The van der Waals surface area contributed by atoms with Gasteiger partial charge in [-0.3, -0.25) is 0 Å². The fourth-order valence-corrected chi connectivity index (χ4v) is 4.79. The molecule has 0 aliphatic carbocycles. The Morgan fingerprint density at radius 2 is 1.95 bits per heavy atom. The van der Waals surface area contributed by atoms with Crippen molar-refractivity contribution in [2.24, 2.45) is 0 Å². The molecule has 0 radical (unpaired) electrons. The molecule has 8 nitrogen and oxygen atoms in total. The highest BCUT2D eigenvalue weighted by Gasteiger charge is 2.27. The van der Waals surface area contributed by atoms with Gasteiger partial charge in [0.25, 0.3) is 5.66 Å². The highest BCUT2D eigenvalue weighted by molar-refractivity contribution is 7.17. The van der Waals surface area contributed by atoms with Gasteiger partial charge in [0.1, 0.15) is 5.75 Å². The summed E-state index contributed by atoms with van der Waals surface area (Å²) in [7, 11) is 1.50. The Balaban J connectivity index is 1.22. The van der Waals surface area contributed by atoms with Crippen LogP contribution in [0.25, 0.3) is 11.0 Å². The number of alkyl halides is 2. The lowest BCUT2D eigenvalue weighted by atomic mass is 10.2. The maximum absolute atomic E-state index is 13.8. The van der Waals surface area contributed by atoms with Crippen molar-refractivity contribution in [2.75, 3.05) is 36.8 Å². The number of anilines is 3. The second-order valence-corrected chi connectivity index (χ2v) is 9.99. The first-order chi connectivity index (χ1) is 17.8.